The zero-order valence-corrected chi connectivity index (χ0v) is 14.3. The second-order valence-electron chi connectivity index (χ2n) is 4.22. The van der Waals surface area contributed by atoms with E-state index in [4.69, 9.17) is 34.8 Å². The fourth-order valence-corrected chi connectivity index (χ4v) is 3.02. The molecule has 0 aliphatic carbocycles. The lowest BCUT2D eigenvalue weighted by molar-refractivity contribution is -0.114. The van der Waals surface area contributed by atoms with Gasteiger partial charge in [0.05, 0.1) is 21.4 Å². The summed E-state index contributed by atoms with van der Waals surface area (Å²) in [6, 6.07) is 3.28. The molecule has 22 heavy (non-hydrogen) atoms. The molecule has 2 aromatic rings. The summed E-state index contributed by atoms with van der Waals surface area (Å²) in [6.45, 7) is 1.37. The van der Waals surface area contributed by atoms with Crippen molar-refractivity contribution in [3.63, 3.8) is 0 Å². The van der Waals surface area contributed by atoms with Crippen molar-refractivity contribution < 1.29 is 9.59 Å². The summed E-state index contributed by atoms with van der Waals surface area (Å²) in [5.41, 5.74) is 1.63. The van der Waals surface area contributed by atoms with E-state index < -0.39 is 0 Å². The molecule has 9 heteroatoms. The summed E-state index contributed by atoms with van der Waals surface area (Å²) in [4.78, 5) is 26.6. The fraction of sp³-hybridized carbons (Fsp3) is 0.154. The largest absolute Gasteiger partial charge is 0.324 e. The number of hydrogen-bond donors (Lipinski definition) is 2. The smallest absolute Gasteiger partial charge is 0.241 e. The molecule has 116 valence electrons. The van der Waals surface area contributed by atoms with Crippen molar-refractivity contribution in [2.45, 2.75) is 6.92 Å². The van der Waals surface area contributed by atoms with Crippen molar-refractivity contribution in [3.05, 3.63) is 27.6 Å². The number of carbonyl (C=O) groups is 2. The molecule has 0 unspecified atom stereocenters. The first-order valence-electron chi connectivity index (χ1n) is 5.99. The van der Waals surface area contributed by atoms with Crippen LogP contribution in [-0.2, 0) is 9.59 Å². The monoisotopic (exact) mass is 377 g/mol. The Hall–Kier alpha value is -1.34. The first-order chi connectivity index (χ1) is 10.4. The Morgan fingerprint density at radius 1 is 1.23 bits per heavy atom. The van der Waals surface area contributed by atoms with Gasteiger partial charge >= 0.3 is 0 Å². The van der Waals surface area contributed by atoms with E-state index in [2.05, 4.69) is 15.6 Å². The van der Waals surface area contributed by atoms with Crippen molar-refractivity contribution in [2.24, 2.45) is 0 Å². The van der Waals surface area contributed by atoms with Crippen LogP contribution in [0.25, 0.3) is 11.3 Å². The zero-order chi connectivity index (χ0) is 16.3. The fourth-order valence-electron chi connectivity index (χ4n) is 1.63. The maximum absolute atomic E-state index is 11.2. The van der Waals surface area contributed by atoms with Gasteiger partial charge in [0, 0.05) is 17.9 Å². The Balaban J connectivity index is 2.30. The van der Waals surface area contributed by atoms with Crippen LogP contribution in [0.1, 0.15) is 6.92 Å². The first kappa shape index (κ1) is 17.0. The summed E-state index contributed by atoms with van der Waals surface area (Å²) in [5, 5.41) is 7.92. The lowest BCUT2D eigenvalue weighted by atomic mass is 10.1. The van der Waals surface area contributed by atoms with Crippen molar-refractivity contribution in [1.29, 1.82) is 0 Å². The molecule has 0 aliphatic heterocycles. The highest BCUT2D eigenvalue weighted by Gasteiger charge is 2.13. The van der Waals surface area contributed by atoms with E-state index >= 15 is 0 Å². The van der Waals surface area contributed by atoms with Crippen LogP contribution in [0.2, 0.25) is 10.0 Å². The minimum Gasteiger partial charge on any atom is -0.324 e. The van der Waals surface area contributed by atoms with Crippen LogP contribution in [0.3, 0.4) is 0 Å². The minimum absolute atomic E-state index is 0.141. The number of benzene rings is 1. The number of amides is 2. The predicted octanol–water partition coefficient (Wildman–Crippen LogP) is 4.25. The third kappa shape index (κ3) is 4.10. The number of aromatic nitrogens is 1. The Morgan fingerprint density at radius 3 is 2.41 bits per heavy atom. The second kappa shape index (κ2) is 7.28. The number of hydrogen-bond acceptors (Lipinski definition) is 4. The molecule has 1 aromatic heterocycles. The van der Waals surface area contributed by atoms with Crippen molar-refractivity contribution in [3.8, 4) is 11.3 Å². The van der Waals surface area contributed by atoms with Gasteiger partial charge in [-0.05, 0) is 12.1 Å². The molecule has 0 spiro atoms. The zero-order valence-electron chi connectivity index (χ0n) is 11.2. The molecule has 0 bridgehead atoms. The van der Waals surface area contributed by atoms with E-state index in [1.165, 1.54) is 18.3 Å². The van der Waals surface area contributed by atoms with Gasteiger partial charge in [0.2, 0.25) is 11.8 Å². The highest BCUT2D eigenvalue weighted by Crippen LogP contribution is 2.36. The molecule has 0 aliphatic rings. The number of nitrogens with zero attached hydrogens (tertiary/aromatic N) is 1. The number of halogens is 3. The highest BCUT2D eigenvalue weighted by molar-refractivity contribution is 7.14. The average molecular weight is 379 g/mol. The second-order valence-corrected chi connectivity index (χ2v) is 6.16. The van der Waals surface area contributed by atoms with Gasteiger partial charge in [-0.25, -0.2) is 4.98 Å². The summed E-state index contributed by atoms with van der Waals surface area (Å²) in [5.74, 6) is -0.742. The third-order valence-electron chi connectivity index (χ3n) is 2.51. The van der Waals surface area contributed by atoms with Crippen LogP contribution < -0.4 is 10.6 Å². The Labute approximate surface area is 145 Å². The number of carbonyl (C=O) groups excluding carboxylic acids is 2. The Morgan fingerprint density at radius 2 is 1.86 bits per heavy atom. The van der Waals surface area contributed by atoms with Gasteiger partial charge in [-0.1, -0.05) is 23.2 Å². The van der Waals surface area contributed by atoms with E-state index in [1.54, 1.807) is 17.5 Å². The van der Waals surface area contributed by atoms with E-state index in [1.807, 2.05) is 0 Å². The van der Waals surface area contributed by atoms with Crippen LogP contribution in [0.5, 0.6) is 0 Å². The maximum Gasteiger partial charge on any atom is 0.241 e. The molecule has 0 saturated carbocycles. The van der Waals surface area contributed by atoms with Crippen LogP contribution in [0, 0.1) is 0 Å². The van der Waals surface area contributed by atoms with Gasteiger partial charge in [0.1, 0.15) is 5.88 Å². The maximum atomic E-state index is 11.2. The number of alkyl halides is 1. The normalized spacial score (nSPS) is 10.4. The highest BCUT2D eigenvalue weighted by atomic mass is 35.5. The molecule has 1 heterocycles. The van der Waals surface area contributed by atoms with E-state index in [-0.39, 0.29) is 17.7 Å². The van der Waals surface area contributed by atoms with Gasteiger partial charge in [0.25, 0.3) is 0 Å². The standard InChI is InChI=1S/C13H10Cl3N3O2S/c1-6(20)17-12-8(15)2-7(3-9(12)16)10-5-22-13(18-10)19-11(21)4-14/h2-3,5H,4H2,1H3,(H,17,20)(H,18,19,21). The lowest BCUT2D eigenvalue weighted by Gasteiger charge is -2.09. The predicted molar refractivity (Wildman–Crippen MR) is 91.2 cm³/mol. The van der Waals surface area contributed by atoms with Gasteiger partial charge in [-0.15, -0.1) is 22.9 Å². The summed E-state index contributed by atoms with van der Waals surface area (Å²) < 4.78 is 0. The quantitative estimate of drug-likeness (QED) is 0.781. The van der Waals surface area contributed by atoms with Crippen LogP contribution in [0.4, 0.5) is 10.8 Å². The third-order valence-corrected chi connectivity index (χ3v) is 4.11. The first-order valence-corrected chi connectivity index (χ1v) is 8.16. The van der Waals surface area contributed by atoms with Crippen molar-refractivity contribution >= 4 is 68.8 Å². The topological polar surface area (TPSA) is 71.1 Å². The number of anilines is 2. The van der Waals surface area contributed by atoms with Gasteiger partial charge in [0.15, 0.2) is 5.13 Å². The molecule has 0 atom stereocenters. The van der Waals surface area contributed by atoms with E-state index in [0.717, 1.165) is 0 Å². The average Bonchev–Trinajstić information content (AvgIpc) is 2.90. The molecule has 2 rings (SSSR count). The van der Waals surface area contributed by atoms with Crippen LogP contribution in [0.15, 0.2) is 17.5 Å². The number of rotatable bonds is 4. The van der Waals surface area contributed by atoms with Gasteiger partial charge in [-0.2, -0.15) is 0 Å². The summed E-state index contributed by atoms with van der Waals surface area (Å²) >= 11 is 18.9. The van der Waals surface area contributed by atoms with E-state index in [9.17, 15) is 9.59 Å². The van der Waals surface area contributed by atoms with Crippen LogP contribution >= 0.6 is 46.1 Å². The Kier molecular flexibility index (Phi) is 5.63. The molecule has 5 nitrogen and oxygen atoms in total. The SMILES string of the molecule is CC(=O)Nc1c(Cl)cc(-c2csc(NC(=O)CCl)n2)cc1Cl. The van der Waals surface area contributed by atoms with E-state index in [0.29, 0.717) is 32.1 Å². The molecular weight excluding hydrogens is 369 g/mol. The lowest BCUT2D eigenvalue weighted by Crippen LogP contribution is -2.12. The minimum atomic E-state index is -0.334. The molecular formula is C13H10Cl3N3O2S. The summed E-state index contributed by atoms with van der Waals surface area (Å²) in [6.07, 6.45) is 0. The van der Waals surface area contributed by atoms with Gasteiger partial charge < -0.3 is 10.6 Å². The molecule has 2 N–H and O–H groups in total. The molecule has 0 radical (unpaired) electrons. The Bertz CT molecular complexity index is 710. The number of nitrogens with one attached hydrogen (secondary N) is 2. The van der Waals surface area contributed by atoms with Gasteiger partial charge in [-0.3, -0.25) is 9.59 Å². The van der Waals surface area contributed by atoms with Crippen molar-refractivity contribution in [1.82, 2.24) is 4.98 Å². The molecule has 0 saturated heterocycles. The van der Waals surface area contributed by atoms with Crippen molar-refractivity contribution in [2.75, 3.05) is 16.5 Å². The molecule has 0 fully saturated rings. The van der Waals surface area contributed by atoms with Crippen LogP contribution in [-0.4, -0.2) is 22.7 Å². The molecule has 2 amide bonds. The number of thiazole rings is 1. The summed E-state index contributed by atoms with van der Waals surface area (Å²) in [7, 11) is 0. The molecule has 1 aromatic carbocycles.